The monoisotopic (exact) mass is 347 g/mol. The molecule has 0 aromatic carbocycles. The van der Waals surface area contributed by atoms with Crippen LogP contribution in [0, 0.1) is 0 Å². The molecule has 25 heavy (non-hydrogen) atoms. The van der Waals surface area contributed by atoms with Crippen molar-refractivity contribution in [3.63, 3.8) is 0 Å². The fourth-order valence-corrected chi connectivity index (χ4v) is 3.56. The average molecular weight is 348 g/mol. The van der Waals surface area contributed by atoms with Crippen LogP contribution in [-0.4, -0.2) is 19.5 Å². The third-order valence-electron chi connectivity index (χ3n) is 5.17. The first-order valence-electron chi connectivity index (χ1n) is 9.75. The van der Waals surface area contributed by atoms with E-state index in [-0.39, 0.29) is 5.54 Å². The predicted molar refractivity (Wildman–Crippen MR) is 104 cm³/mol. The minimum Gasteiger partial charge on any atom is -0.383 e. The first kappa shape index (κ1) is 19.5. The Balaban J connectivity index is 2.28. The van der Waals surface area contributed by atoms with Gasteiger partial charge in [0.25, 0.3) is 0 Å². The third kappa shape index (κ3) is 4.83. The SMILES string of the molecule is CCCCCCC(C)(CCCCCC)n1cnc2c(N)[nH]c(=O)nc21. The summed E-state index contributed by atoms with van der Waals surface area (Å²) >= 11 is 0. The van der Waals surface area contributed by atoms with Crippen molar-refractivity contribution in [3.8, 4) is 0 Å². The number of hydrogen-bond donors (Lipinski definition) is 2. The van der Waals surface area contributed by atoms with Crippen LogP contribution in [0.2, 0.25) is 0 Å². The van der Waals surface area contributed by atoms with E-state index in [9.17, 15) is 4.79 Å². The number of H-pyrrole nitrogens is 1. The van der Waals surface area contributed by atoms with Gasteiger partial charge in [-0.2, -0.15) is 4.98 Å². The van der Waals surface area contributed by atoms with E-state index < -0.39 is 5.69 Å². The summed E-state index contributed by atoms with van der Waals surface area (Å²) in [5.41, 5.74) is 6.63. The number of anilines is 1. The Bertz CT molecular complexity index is 706. The Morgan fingerprint density at radius 1 is 1.08 bits per heavy atom. The van der Waals surface area contributed by atoms with E-state index in [1.165, 1.54) is 51.4 Å². The molecule has 2 aromatic heterocycles. The second kappa shape index (κ2) is 9.02. The Labute approximate surface area is 150 Å². The number of hydrogen-bond acceptors (Lipinski definition) is 4. The summed E-state index contributed by atoms with van der Waals surface area (Å²) in [7, 11) is 0. The van der Waals surface area contributed by atoms with Gasteiger partial charge in [0.1, 0.15) is 11.3 Å². The van der Waals surface area contributed by atoms with Gasteiger partial charge in [-0.15, -0.1) is 0 Å². The van der Waals surface area contributed by atoms with Crippen molar-refractivity contribution < 1.29 is 0 Å². The molecule has 0 aliphatic heterocycles. The van der Waals surface area contributed by atoms with Crippen LogP contribution in [0.15, 0.2) is 11.1 Å². The van der Waals surface area contributed by atoms with E-state index in [2.05, 4.69) is 40.3 Å². The molecule has 140 valence electrons. The molecule has 0 unspecified atom stereocenters. The van der Waals surface area contributed by atoms with E-state index in [1.54, 1.807) is 6.33 Å². The molecular formula is C19H33N5O. The molecule has 0 spiro atoms. The molecule has 0 bridgehead atoms. The van der Waals surface area contributed by atoms with E-state index in [0.717, 1.165) is 12.8 Å². The van der Waals surface area contributed by atoms with E-state index >= 15 is 0 Å². The normalized spacial score (nSPS) is 12.1. The number of aromatic amines is 1. The van der Waals surface area contributed by atoms with Gasteiger partial charge in [-0.3, -0.25) is 4.98 Å². The molecule has 0 atom stereocenters. The molecule has 0 saturated carbocycles. The Morgan fingerprint density at radius 2 is 1.68 bits per heavy atom. The molecule has 6 heteroatoms. The van der Waals surface area contributed by atoms with Gasteiger partial charge < -0.3 is 10.3 Å². The largest absolute Gasteiger partial charge is 0.383 e. The van der Waals surface area contributed by atoms with Crippen molar-refractivity contribution in [2.75, 3.05) is 5.73 Å². The number of nitrogen functional groups attached to an aromatic ring is 1. The molecule has 0 aliphatic rings. The van der Waals surface area contributed by atoms with Gasteiger partial charge in [-0.05, 0) is 19.8 Å². The number of fused-ring (bicyclic) bond motifs is 1. The third-order valence-corrected chi connectivity index (χ3v) is 5.17. The molecule has 0 fully saturated rings. The average Bonchev–Trinajstić information content (AvgIpc) is 3.00. The number of nitrogens with two attached hydrogens (primary N) is 1. The highest BCUT2D eigenvalue weighted by Gasteiger charge is 2.28. The minimum atomic E-state index is -0.411. The summed E-state index contributed by atoms with van der Waals surface area (Å²) in [6.07, 6.45) is 13.8. The fourth-order valence-electron chi connectivity index (χ4n) is 3.56. The molecule has 0 radical (unpaired) electrons. The lowest BCUT2D eigenvalue weighted by molar-refractivity contribution is 0.256. The van der Waals surface area contributed by atoms with Crippen LogP contribution in [0.4, 0.5) is 5.82 Å². The molecule has 2 rings (SSSR count). The number of rotatable bonds is 11. The predicted octanol–water partition coefficient (Wildman–Crippen LogP) is 4.36. The summed E-state index contributed by atoms with van der Waals surface area (Å²) in [5, 5.41) is 0. The molecule has 3 N–H and O–H groups in total. The van der Waals surface area contributed by atoms with Crippen molar-refractivity contribution in [1.82, 2.24) is 19.5 Å². The van der Waals surface area contributed by atoms with Crippen molar-refractivity contribution in [3.05, 3.63) is 16.8 Å². The standard InChI is InChI=1S/C19H33N5O/c1-4-6-8-10-12-19(3,13-11-9-7-5-2)24-14-21-15-16(20)22-18(25)23-17(15)24/h14H,4-13H2,1-3H3,(H3,20,22,23,25). The van der Waals surface area contributed by atoms with Crippen molar-refractivity contribution in [2.24, 2.45) is 0 Å². The topological polar surface area (TPSA) is 89.6 Å². The van der Waals surface area contributed by atoms with Crippen LogP contribution in [0.5, 0.6) is 0 Å². The lowest BCUT2D eigenvalue weighted by Gasteiger charge is -2.32. The van der Waals surface area contributed by atoms with Gasteiger partial charge in [0, 0.05) is 5.54 Å². The zero-order valence-corrected chi connectivity index (χ0v) is 16.0. The smallest absolute Gasteiger partial charge is 0.348 e. The molecule has 2 heterocycles. The Kier molecular flexibility index (Phi) is 7.02. The van der Waals surface area contributed by atoms with Crippen molar-refractivity contribution >= 4 is 17.0 Å². The van der Waals surface area contributed by atoms with Crippen LogP contribution in [0.1, 0.15) is 85.0 Å². The zero-order valence-electron chi connectivity index (χ0n) is 16.0. The van der Waals surface area contributed by atoms with Crippen molar-refractivity contribution in [1.29, 1.82) is 0 Å². The van der Waals surface area contributed by atoms with Gasteiger partial charge in [0.15, 0.2) is 5.65 Å². The van der Waals surface area contributed by atoms with E-state index in [1.807, 2.05) is 0 Å². The summed E-state index contributed by atoms with van der Waals surface area (Å²) in [5.74, 6) is 0.299. The molecule has 0 amide bonds. The first-order chi connectivity index (χ1) is 12.0. The highest BCUT2D eigenvalue weighted by molar-refractivity contribution is 5.81. The second-order valence-electron chi connectivity index (χ2n) is 7.36. The van der Waals surface area contributed by atoms with E-state index in [4.69, 9.17) is 5.73 Å². The lowest BCUT2D eigenvalue weighted by Crippen LogP contribution is -2.30. The number of imidazole rings is 1. The van der Waals surface area contributed by atoms with Crippen LogP contribution < -0.4 is 11.4 Å². The second-order valence-corrected chi connectivity index (χ2v) is 7.36. The maximum atomic E-state index is 11.8. The molecule has 6 nitrogen and oxygen atoms in total. The summed E-state index contributed by atoms with van der Waals surface area (Å²) in [6.45, 7) is 6.73. The molecule has 2 aromatic rings. The Morgan fingerprint density at radius 3 is 2.24 bits per heavy atom. The van der Waals surface area contributed by atoms with Gasteiger partial charge >= 0.3 is 5.69 Å². The lowest BCUT2D eigenvalue weighted by atomic mass is 9.87. The number of nitrogens with zero attached hydrogens (tertiary/aromatic N) is 3. The molecule has 0 aliphatic carbocycles. The van der Waals surface area contributed by atoms with Crippen LogP contribution in [-0.2, 0) is 5.54 Å². The summed E-state index contributed by atoms with van der Waals surface area (Å²) in [6, 6.07) is 0. The van der Waals surface area contributed by atoms with Crippen LogP contribution in [0.3, 0.4) is 0 Å². The van der Waals surface area contributed by atoms with Gasteiger partial charge in [0.2, 0.25) is 0 Å². The van der Waals surface area contributed by atoms with Crippen LogP contribution in [0.25, 0.3) is 11.2 Å². The quantitative estimate of drug-likeness (QED) is 0.591. The van der Waals surface area contributed by atoms with E-state index in [0.29, 0.717) is 17.0 Å². The van der Waals surface area contributed by atoms with Gasteiger partial charge in [-0.25, -0.2) is 9.78 Å². The number of nitrogens with one attached hydrogen (secondary N) is 1. The van der Waals surface area contributed by atoms with Crippen LogP contribution >= 0.6 is 0 Å². The Hall–Kier alpha value is -1.85. The van der Waals surface area contributed by atoms with Gasteiger partial charge in [0.05, 0.1) is 6.33 Å². The zero-order chi connectivity index (χ0) is 18.3. The first-order valence-corrected chi connectivity index (χ1v) is 9.75. The maximum absolute atomic E-state index is 11.8. The maximum Gasteiger partial charge on any atom is 0.348 e. The highest BCUT2D eigenvalue weighted by atomic mass is 16.1. The van der Waals surface area contributed by atoms with Crippen molar-refractivity contribution in [2.45, 2.75) is 90.5 Å². The highest BCUT2D eigenvalue weighted by Crippen LogP contribution is 2.33. The number of unbranched alkanes of at least 4 members (excludes halogenated alkanes) is 6. The minimum absolute atomic E-state index is 0.0799. The van der Waals surface area contributed by atoms with Gasteiger partial charge in [-0.1, -0.05) is 65.2 Å². The summed E-state index contributed by atoms with van der Waals surface area (Å²) in [4.78, 5) is 22.9. The summed E-state index contributed by atoms with van der Waals surface area (Å²) < 4.78 is 2.09. The fraction of sp³-hybridized carbons (Fsp3) is 0.737. The molecule has 0 saturated heterocycles. The molecular weight excluding hydrogens is 314 g/mol. The number of aromatic nitrogens is 4.